The molecule has 7 heteroatoms. The van der Waals surface area contributed by atoms with Gasteiger partial charge in [-0.3, -0.25) is 0 Å². The molecule has 0 radical (unpaired) electrons. The fourth-order valence-corrected chi connectivity index (χ4v) is 8.23. The second kappa shape index (κ2) is 10.6. The summed E-state index contributed by atoms with van der Waals surface area (Å²) in [7, 11) is 4.67. The van der Waals surface area contributed by atoms with Crippen LogP contribution < -0.4 is 0 Å². The van der Waals surface area contributed by atoms with Gasteiger partial charge in [0, 0.05) is 23.3 Å². The zero-order valence-electron chi connectivity index (χ0n) is 20.9. The predicted molar refractivity (Wildman–Crippen MR) is 148 cm³/mol. The van der Waals surface area contributed by atoms with Gasteiger partial charge in [-0.15, -0.1) is 22.7 Å². The van der Waals surface area contributed by atoms with Gasteiger partial charge in [0.15, 0.2) is 0 Å². The Labute approximate surface area is 227 Å². The Kier molecular flexibility index (Phi) is 7.62. The van der Waals surface area contributed by atoms with Crippen LogP contribution in [0.5, 0.6) is 0 Å². The van der Waals surface area contributed by atoms with Crippen LogP contribution in [-0.4, -0.2) is 48.3 Å². The lowest BCUT2D eigenvalue weighted by Crippen LogP contribution is -2.52. The maximum absolute atomic E-state index is 13.6. The van der Waals surface area contributed by atoms with Gasteiger partial charge in [-0.25, -0.2) is 4.79 Å². The molecule has 4 nitrogen and oxygen atoms in total. The smallest absolute Gasteiger partial charge is 0.349 e. The van der Waals surface area contributed by atoms with E-state index in [1.54, 1.807) is 0 Å². The molecule has 1 aromatic carbocycles. The standard InChI is InChI=1S/C29H35ClNO3S2/c1-31(2,16-4-3-7-20-10-13-22(30)14-11-20)24-19-21-12-15-23(24)27(21)34-28(32)29(33,25-8-5-17-35-25)26-9-6-18-36-26/h5-6,8-11,13-14,17-18,21,23-24,27,33H,3-4,7,12,15-16,19H2,1-2H3/q+1. The fraction of sp³-hybridized carbons (Fsp3) is 0.483. The Morgan fingerprint density at radius 3 is 2.33 bits per heavy atom. The summed E-state index contributed by atoms with van der Waals surface area (Å²) in [5.41, 5.74) is -0.396. The molecule has 2 bridgehead atoms. The van der Waals surface area contributed by atoms with Gasteiger partial charge in [-0.2, -0.15) is 0 Å². The molecule has 2 saturated carbocycles. The van der Waals surface area contributed by atoms with E-state index in [1.165, 1.54) is 28.2 Å². The van der Waals surface area contributed by atoms with Crippen molar-refractivity contribution in [3.05, 3.63) is 79.6 Å². The van der Waals surface area contributed by atoms with Gasteiger partial charge in [-0.1, -0.05) is 35.9 Å². The molecule has 0 amide bonds. The average Bonchev–Trinajstić information content (AvgIpc) is 3.68. The second-order valence-corrected chi connectivity index (χ2v) is 13.3. The average molecular weight is 545 g/mol. The zero-order valence-corrected chi connectivity index (χ0v) is 23.3. The Balaban J connectivity index is 1.22. The topological polar surface area (TPSA) is 46.5 Å². The molecule has 1 N–H and O–H groups in total. The molecule has 4 unspecified atom stereocenters. The van der Waals surface area contributed by atoms with E-state index in [9.17, 15) is 9.90 Å². The molecule has 2 heterocycles. The van der Waals surface area contributed by atoms with Crippen LogP contribution in [0.25, 0.3) is 0 Å². The van der Waals surface area contributed by atoms with Gasteiger partial charge in [-0.05, 0) is 72.7 Å². The van der Waals surface area contributed by atoms with Gasteiger partial charge in [0.2, 0.25) is 5.60 Å². The number of esters is 1. The second-order valence-electron chi connectivity index (χ2n) is 10.9. The number of aliphatic hydroxyl groups is 1. The summed E-state index contributed by atoms with van der Waals surface area (Å²) in [4.78, 5) is 14.8. The van der Waals surface area contributed by atoms with Crippen LogP contribution in [0, 0.1) is 11.8 Å². The summed E-state index contributed by atoms with van der Waals surface area (Å²) in [6.07, 6.45) is 6.55. The minimum Gasteiger partial charge on any atom is -0.459 e. The minimum atomic E-state index is -1.73. The molecule has 0 saturated heterocycles. The van der Waals surface area contributed by atoms with Crippen LogP contribution in [0.4, 0.5) is 0 Å². The van der Waals surface area contributed by atoms with Gasteiger partial charge in [0.05, 0.1) is 36.4 Å². The van der Waals surface area contributed by atoms with Crippen molar-refractivity contribution in [2.45, 2.75) is 56.3 Å². The number of carbonyl (C=O) groups excluding carboxylic acids is 1. The van der Waals surface area contributed by atoms with Crippen molar-refractivity contribution in [3.63, 3.8) is 0 Å². The van der Waals surface area contributed by atoms with E-state index in [-0.39, 0.29) is 6.10 Å². The van der Waals surface area contributed by atoms with Gasteiger partial charge < -0.3 is 14.3 Å². The van der Waals surface area contributed by atoms with E-state index in [2.05, 4.69) is 26.2 Å². The number of halogens is 1. The molecule has 4 atom stereocenters. The van der Waals surface area contributed by atoms with Crippen LogP contribution in [0.1, 0.15) is 47.4 Å². The maximum atomic E-state index is 13.6. The predicted octanol–water partition coefficient (Wildman–Crippen LogP) is 6.51. The molecule has 3 aromatic rings. The minimum absolute atomic E-state index is 0.111. The molecule has 5 rings (SSSR count). The Bertz CT molecular complexity index is 1110. The third-order valence-corrected chi connectivity index (χ3v) is 10.6. The number of nitrogens with zero attached hydrogens (tertiary/aromatic N) is 1. The van der Waals surface area contributed by atoms with Crippen molar-refractivity contribution in [2.24, 2.45) is 11.8 Å². The zero-order chi connectivity index (χ0) is 25.3. The summed E-state index contributed by atoms with van der Waals surface area (Å²) in [6.45, 7) is 1.11. The lowest BCUT2D eigenvalue weighted by Gasteiger charge is -2.40. The molecule has 2 aliphatic rings. The van der Waals surface area contributed by atoms with Crippen LogP contribution in [-0.2, 0) is 21.6 Å². The first-order valence-corrected chi connectivity index (χ1v) is 15.0. The number of ether oxygens (including phenoxy) is 1. The molecular formula is C29H35ClNO3S2+. The fourth-order valence-electron chi connectivity index (χ4n) is 6.39. The molecule has 0 aliphatic heterocycles. The first kappa shape index (κ1) is 25.9. The summed E-state index contributed by atoms with van der Waals surface area (Å²) < 4.78 is 7.19. The van der Waals surface area contributed by atoms with E-state index in [1.807, 2.05) is 47.2 Å². The molecule has 2 aromatic heterocycles. The number of aryl methyl sites for hydroxylation is 1. The van der Waals surface area contributed by atoms with Gasteiger partial charge in [0.1, 0.15) is 6.10 Å². The van der Waals surface area contributed by atoms with Crippen molar-refractivity contribution in [1.29, 1.82) is 0 Å². The molecule has 36 heavy (non-hydrogen) atoms. The monoisotopic (exact) mass is 544 g/mol. The SMILES string of the molecule is C[N+](C)(CCCCc1ccc(Cl)cc1)C1CC2CCC1C2OC(=O)C(O)(c1cccs1)c1cccs1. The number of fused-ring (bicyclic) bond motifs is 2. The number of hydrogen-bond acceptors (Lipinski definition) is 5. The molecule has 2 fully saturated rings. The largest absolute Gasteiger partial charge is 0.459 e. The molecule has 192 valence electrons. The van der Waals surface area contributed by atoms with Crippen molar-refractivity contribution in [1.82, 2.24) is 0 Å². The number of rotatable bonds is 10. The van der Waals surface area contributed by atoms with E-state index in [0.29, 0.717) is 27.6 Å². The maximum Gasteiger partial charge on any atom is 0.349 e. The molecule has 0 spiro atoms. The third kappa shape index (κ3) is 5.03. The number of benzene rings is 1. The number of carbonyl (C=O) groups is 1. The Morgan fingerprint density at radius 1 is 1.06 bits per heavy atom. The molecular weight excluding hydrogens is 510 g/mol. The lowest BCUT2D eigenvalue weighted by atomic mass is 9.92. The molecule has 2 aliphatic carbocycles. The third-order valence-electron chi connectivity index (χ3n) is 8.35. The van der Waals surface area contributed by atoms with E-state index < -0.39 is 11.6 Å². The van der Waals surface area contributed by atoms with Gasteiger partial charge >= 0.3 is 5.97 Å². The van der Waals surface area contributed by atoms with Crippen molar-refractivity contribution in [3.8, 4) is 0 Å². The summed E-state index contributed by atoms with van der Waals surface area (Å²) >= 11 is 8.80. The van der Waals surface area contributed by atoms with Crippen molar-refractivity contribution < 1.29 is 19.1 Å². The number of hydrogen-bond donors (Lipinski definition) is 1. The highest BCUT2D eigenvalue weighted by molar-refractivity contribution is 7.12. The van der Waals surface area contributed by atoms with Gasteiger partial charge in [0.25, 0.3) is 0 Å². The van der Waals surface area contributed by atoms with Crippen LogP contribution in [0.2, 0.25) is 5.02 Å². The Hall–Kier alpha value is -1.70. The van der Waals surface area contributed by atoms with Crippen LogP contribution in [0.3, 0.4) is 0 Å². The first-order valence-electron chi connectivity index (χ1n) is 12.9. The van der Waals surface area contributed by atoms with Crippen LogP contribution in [0.15, 0.2) is 59.3 Å². The highest BCUT2D eigenvalue weighted by Gasteiger charge is 2.57. The van der Waals surface area contributed by atoms with E-state index in [0.717, 1.165) is 54.6 Å². The Morgan fingerprint density at radius 2 is 1.72 bits per heavy atom. The van der Waals surface area contributed by atoms with Crippen LogP contribution >= 0.6 is 34.3 Å². The number of quaternary nitrogens is 1. The quantitative estimate of drug-likeness (QED) is 0.180. The summed E-state index contributed by atoms with van der Waals surface area (Å²) in [5.74, 6) is 0.204. The highest BCUT2D eigenvalue weighted by atomic mass is 35.5. The first-order chi connectivity index (χ1) is 17.3. The summed E-state index contributed by atoms with van der Waals surface area (Å²) in [5, 5.41) is 16.2. The highest BCUT2D eigenvalue weighted by Crippen LogP contribution is 2.51. The van der Waals surface area contributed by atoms with Crippen molar-refractivity contribution >= 4 is 40.2 Å². The lowest BCUT2D eigenvalue weighted by molar-refractivity contribution is -0.918. The number of unbranched alkanes of at least 4 members (excludes halogenated alkanes) is 1. The van der Waals surface area contributed by atoms with Crippen molar-refractivity contribution in [2.75, 3.05) is 20.6 Å². The summed E-state index contributed by atoms with van der Waals surface area (Å²) in [6, 6.07) is 16.0. The normalized spacial score (nSPS) is 23.8. The number of thiophene rings is 2. The van der Waals surface area contributed by atoms with E-state index >= 15 is 0 Å². The van der Waals surface area contributed by atoms with E-state index in [4.69, 9.17) is 16.3 Å².